The Morgan fingerprint density at radius 2 is 1.51 bits per heavy atom. The second-order valence-electron chi connectivity index (χ2n) is 10.7. The van der Waals surface area contributed by atoms with Crippen molar-refractivity contribution in [2.75, 3.05) is 52.9 Å². The molecule has 1 aliphatic heterocycles. The van der Waals surface area contributed by atoms with Crippen LogP contribution in [0.5, 0.6) is 11.5 Å². The first kappa shape index (κ1) is 30.5. The minimum Gasteiger partial charge on any atom is -0.487 e. The van der Waals surface area contributed by atoms with Crippen LogP contribution in [0.25, 0.3) is 5.69 Å². The number of nitrogens with zero attached hydrogens (tertiary/aromatic N) is 3. The van der Waals surface area contributed by atoms with Crippen LogP contribution in [0, 0.1) is 17.2 Å². The first-order valence-electron chi connectivity index (χ1n) is 15.2. The van der Waals surface area contributed by atoms with Crippen LogP contribution in [0.3, 0.4) is 0 Å². The molecule has 0 bridgehead atoms. The zero-order valence-electron chi connectivity index (χ0n) is 24.6. The van der Waals surface area contributed by atoms with Gasteiger partial charge in [0.1, 0.15) is 19.3 Å². The maximum absolute atomic E-state index is 13.8. The lowest BCUT2D eigenvalue weighted by atomic mass is 9.85. The highest BCUT2D eigenvalue weighted by atomic mass is 16.6. The van der Waals surface area contributed by atoms with E-state index < -0.39 is 0 Å². The van der Waals surface area contributed by atoms with Gasteiger partial charge in [0.05, 0.1) is 56.6 Å². The summed E-state index contributed by atoms with van der Waals surface area (Å²) >= 11 is 0. The molecule has 3 aromatic rings. The third kappa shape index (κ3) is 8.57. The molecule has 2 aromatic carbocycles. The second kappa shape index (κ2) is 16.1. The number of para-hydroxylation sites is 1. The number of ether oxygens (including phenoxy) is 5. The number of H-pyrrole nitrogens is 1. The molecule has 1 aromatic heterocycles. The molecular weight excluding hydrogens is 548 g/mol. The second-order valence-corrected chi connectivity index (χ2v) is 10.7. The molecule has 1 aliphatic carbocycles. The summed E-state index contributed by atoms with van der Waals surface area (Å²) in [7, 11) is 0. The smallest absolute Gasteiger partial charge is 0.281 e. The predicted molar refractivity (Wildman–Crippen MR) is 163 cm³/mol. The minimum atomic E-state index is -0.292. The Kier molecular flexibility index (Phi) is 11.4. The SMILES string of the molecule is N#CC(=Nc1ccc2c(c1)OCCOCCOCCOCCO2)c1c(CCC2CCCCC2)[nH]n(-c2ccccc2)c1=O. The fraction of sp³-hybridized carbons (Fsp3) is 0.485. The number of aliphatic imine (C=N–C) groups is 1. The standard InChI is InChI=1S/C33H40N4O6/c34-24-29(35-26-12-14-30-31(23-26)43-22-20-41-18-16-39-15-17-40-19-21-42-30)32-28(13-11-25-7-3-1-4-8-25)36-37(33(32)38)27-9-5-2-6-10-27/h2,5-6,9-10,12,14,23,25,36H,1,3-4,7-8,11,13,15-22H2. The molecule has 0 amide bonds. The Labute approximate surface area is 252 Å². The van der Waals surface area contributed by atoms with E-state index in [1.54, 1.807) is 18.2 Å². The molecule has 2 heterocycles. The van der Waals surface area contributed by atoms with Gasteiger partial charge in [-0.3, -0.25) is 9.89 Å². The topological polar surface area (TPSA) is 120 Å². The molecule has 1 N–H and O–H groups in total. The number of benzene rings is 2. The molecule has 1 saturated carbocycles. The molecule has 0 radical (unpaired) electrons. The molecule has 0 atom stereocenters. The van der Waals surface area contributed by atoms with Crippen LogP contribution in [0.2, 0.25) is 0 Å². The van der Waals surface area contributed by atoms with Gasteiger partial charge >= 0.3 is 0 Å². The highest BCUT2D eigenvalue weighted by molar-refractivity contribution is 6.13. The first-order chi connectivity index (χ1) is 21.2. The Hall–Kier alpha value is -3.91. The lowest BCUT2D eigenvalue weighted by Gasteiger charge is -2.21. The van der Waals surface area contributed by atoms with Crippen molar-refractivity contribution in [2.45, 2.75) is 44.9 Å². The average molecular weight is 589 g/mol. The van der Waals surface area contributed by atoms with E-state index in [1.165, 1.54) is 36.8 Å². The van der Waals surface area contributed by atoms with Crippen molar-refractivity contribution in [3.05, 3.63) is 70.1 Å². The number of nitrogens with one attached hydrogen (secondary N) is 1. The largest absolute Gasteiger partial charge is 0.487 e. The summed E-state index contributed by atoms with van der Waals surface area (Å²) in [6.07, 6.45) is 7.84. The maximum Gasteiger partial charge on any atom is 0.281 e. The van der Waals surface area contributed by atoms with Gasteiger partial charge in [-0.05, 0) is 43.0 Å². The molecule has 0 spiro atoms. The number of rotatable bonds is 6. The fourth-order valence-corrected chi connectivity index (χ4v) is 5.52. The molecule has 10 nitrogen and oxygen atoms in total. The number of aromatic amines is 1. The lowest BCUT2D eigenvalue weighted by molar-refractivity contribution is 0.00708. The molecule has 5 rings (SSSR count). The minimum absolute atomic E-state index is 0.0596. The van der Waals surface area contributed by atoms with E-state index in [9.17, 15) is 10.1 Å². The summed E-state index contributed by atoms with van der Waals surface area (Å²) in [6, 6.07) is 16.8. The zero-order chi connectivity index (χ0) is 29.7. The number of hydrogen-bond donors (Lipinski definition) is 1. The van der Waals surface area contributed by atoms with Crippen LogP contribution < -0.4 is 15.0 Å². The van der Waals surface area contributed by atoms with Crippen LogP contribution in [-0.2, 0) is 20.6 Å². The number of fused-ring (bicyclic) bond motifs is 1. The van der Waals surface area contributed by atoms with Crippen molar-refractivity contribution in [1.82, 2.24) is 9.78 Å². The highest BCUT2D eigenvalue weighted by Gasteiger charge is 2.22. The third-order valence-electron chi connectivity index (χ3n) is 7.73. The Morgan fingerprint density at radius 1 is 0.860 bits per heavy atom. The van der Waals surface area contributed by atoms with Crippen molar-refractivity contribution < 1.29 is 23.7 Å². The van der Waals surface area contributed by atoms with Crippen molar-refractivity contribution in [3.8, 4) is 23.3 Å². The van der Waals surface area contributed by atoms with Gasteiger partial charge in [0, 0.05) is 11.8 Å². The van der Waals surface area contributed by atoms with Crippen LogP contribution in [-0.4, -0.2) is 68.3 Å². The Bertz CT molecular complexity index is 1440. The summed E-state index contributed by atoms with van der Waals surface area (Å²) < 4.78 is 30.0. The van der Waals surface area contributed by atoms with E-state index in [1.807, 2.05) is 30.3 Å². The summed E-state index contributed by atoms with van der Waals surface area (Å²) in [5, 5.41) is 13.6. The van der Waals surface area contributed by atoms with Crippen molar-refractivity contribution in [3.63, 3.8) is 0 Å². The van der Waals surface area contributed by atoms with E-state index in [-0.39, 0.29) is 11.3 Å². The summed E-state index contributed by atoms with van der Waals surface area (Å²) in [6.45, 7) is 3.35. The number of nitriles is 1. The van der Waals surface area contributed by atoms with E-state index in [2.05, 4.69) is 16.2 Å². The summed E-state index contributed by atoms with van der Waals surface area (Å²) in [4.78, 5) is 18.4. The molecule has 228 valence electrons. The molecule has 2 aliphatic rings. The van der Waals surface area contributed by atoms with Gasteiger partial charge in [-0.1, -0.05) is 50.3 Å². The fourth-order valence-electron chi connectivity index (χ4n) is 5.52. The van der Waals surface area contributed by atoms with E-state index in [0.29, 0.717) is 93.6 Å². The zero-order valence-corrected chi connectivity index (χ0v) is 24.6. The maximum atomic E-state index is 13.8. The molecule has 1 fully saturated rings. The van der Waals surface area contributed by atoms with Crippen molar-refractivity contribution in [1.29, 1.82) is 5.26 Å². The van der Waals surface area contributed by atoms with Gasteiger partial charge < -0.3 is 23.7 Å². The van der Waals surface area contributed by atoms with E-state index >= 15 is 0 Å². The van der Waals surface area contributed by atoms with Gasteiger partial charge in [0.15, 0.2) is 17.2 Å². The summed E-state index contributed by atoms with van der Waals surface area (Å²) in [5.74, 6) is 1.63. The van der Waals surface area contributed by atoms with Crippen LogP contribution in [0.15, 0.2) is 58.3 Å². The number of aromatic nitrogens is 2. The quantitative estimate of drug-likeness (QED) is 0.396. The molecule has 43 heavy (non-hydrogen) atoms. The molecular formula is C33H40N4O6. The number of aryl methyl sites for hydroxylation is 1. The molecule has 0 unspecified atom stereocenters. The highest BCUT2D eigenvalue weighted by Crippen LogP contribution is 2.33. The van der Waals surface area contributed by atoms with Crippen LogP contribution >= 0.6 is 0 Å². The average Bonchev–Trinajstić information content (AvgIpc) is 3.37. The predicted octanol–water partition coefficient (Wildman–Crippen LogP) is 5.14. The number of hydrogen-bond acceptors (Lipinski definition) is 8. The van der Waals surface area contributed by atoms with E-state index in [0.717, 1.165) is 12.1 Å². The van der Waals surface area contributed by atoms with Gasteiger partial charge in [0.2, 0.25) is 0 Å². The van der Waals surface area contributed by atoms with E-state index in [4.69, 9.17) is 23.7 Å². The van der Waals surface area contributed by atoms with Gasteiger partial charge in [-0.25, -0.2) is 9.67 Å². The Morgan fingerprint density at radius 3 is 2.19 bits per heavy atom. The van der Waals surface area contributed by atoms with Crippen LogP contribution in [0.1, 0.15) is 49.8 Å². The normalized spacial score (nSPS) is 17.9. The molecule has 10 heteroatoms. The van der Waals surface area contributed by atoms with Crippen LogP contribution in [0.4, 0.5) is 5.69 Å². The first-order valence-corrected chi connectivity index (χ1v) is 15.2. The Balaban J connectivity index is 1.44. The van der Waals surface area contributed by atoms with Gasteiger partial charge in [-0.15, -0.1) is 0 Å². The third-order valence-corrected chi connectivity index (χ3v) is 7.73. The van der Waals surface area contributed by atoms with Gasteiger partial charge in [-0.2, -0.15) is 5.26 Å². The van der Waals surface area contributed by atoms with Gasteiger partial charge in [0.25, 0.3) is 5.56 Å². The van der Waals surface area contributed by atoms with Crippen molar-refractivity contribution >= 4 is 11.4 Å². The summed E-state index contributed by atoms with van der Waals surface area (Å²) in [5.41, 5.74) is 2.00. The molecule has 0 saturated heterocycles. The van der Waals surface area contributed by atoms with Crippen molar-refractivity contribution in [2.24, 2.45) is 10.9 Å². The lowest BCUT2D eigenvalue weighted by Crippen LogP contribution is -2.20. The monoisotopic (exact) mass is 588 g/mol.